The monoisotopic (exact) mass is 354 g/mol. The number of nitrogens with zero attached hydrogens (tertiary/aromatic N) is 6. The van der Waals surface area contributed by atoms with Gasteiger partial charge >= 0.3 is 0 Å². The third-order valence-corrected chi connectivity index (χ3v) is 4.90. The van der Waals surface area contributed by atoms with Crippen molar-refractivity contribution in [2.75, 3.05) is 18.0 Å². The molecule has 7 nitrogen and oxygen atoms in total. The van der Waals surface area contributed by atoms with Crippen molar-refractivity contribution in [2.24, 2.45) is 11.0 Å². The SMILES string of the molecule is O=C(C1CCN(c2ccncn2)CC1)N1N=CCC1c1cncc(F)c1. The number of anilines is 1. The molecule has 0 aromatic carbocycles. The highest BCUT2D eigenvalue weighted by molar-refractivity contribution is 5.82. The van der Waals surface area contributed by atoms with Crippen molar-refractivity contribution < 1.29 is 9.18 Å². The number of pyridine rings is 1. The molecule has 0 N–H and O–H groups in total. The first-order chi connectivity index (χ1) is 12.7. The van der Waals surface area contributed by atoms with Crippen LogP contribution in [0, 0.1) is 11.7 Å². The zero-order valence-electron chi connectivity index (χ0n) is 14.2. The Morgan fingerprint density at radius 1 is 1.19 bits per heavy atom. The summed E-state index contributed by atoms with van der Waals surface area (Å²) in [6.07, 6.45) is 9.78. The van der Waals surface area contributed by atoms with E-state index in [1.54, 1.807) is 18.6 Å². The summed E-state index contributed by atoms with van der Waals surface area (Å²) in [5.74, 6) is 0.386. The van der Waals surface area contributed by atoms with Crippen molar-refractivity contribution in [2.45, 2.75) is 25.3 Å². The molecule has 0 radical (unpaired) electrons. The van der Waals surface area contributed by atoms with Crippen LogP contribution in [0.5, 0.6) is 0 Å². The Kier molecular flexibility index (Phi) is 4.55. The lowest BCUT2D eigenvalue weighted by atomic mass is 9.94. The summed E-state index contributed by atoms with van der Waals surface area (Å²) in [5, 5.41) is 5.75. The number of amides is 1. The molecule has 4 rings (SSSR count). The maximum Gasteiger partial charge on any atom is 0.246 e. The number of aromatic nitrogens is 3. The molecule has 0 saturated carbocycles. The van der Waals surface area contributed by atoms with Gasteiger partial charge in [-0.1, -0.05) is 0 Å². The third-order valence-electron chi connectivity index (χ3n) is 4.90. The van der Waals surface area contributed by atoms with Crippen LogP contribution in [0.1, 0.15) is 30.9 Å². The fourth-order valence-electron chi connectivity index (χ4n) is 3.53. The lowest BCUT2D eigenvalue weighted by Crippen LogP contribution is -2.41. The maximum atomic E-state index is 13.5. The van der Waals surface area contributed by atoms with Gasteiger partial charge in [0.25, 0.3) is 0 Å². The lowest BCUT2D eigenvalue weighted by molar-refractivity contribution is -0.138. The number of rotatable bonds is 3. The molecule has 4 heterocycles. The second-order valence-electron chi connectivity index (χ2n) is 6.50. The lowest BCUT2D eigenvalue weighted by Gasteiger charge is -2.34. The van der Waals surface area contributed by atoms with Crippen molar-refractivity contribution in [3.05, 3.63) is 48.4 Å². The van der Waals surface area contributed by atoms with Crippen LogP contribution in [0.4, 0.5) is 10.2 Å². The minimum absolute atomic E-state index is 0.00431. The van der Waals surface area contributed by atoms with E-state index in [9.17, 15) is 9.18 Å². The highest BCUT2D eigenvalue weighted by Gasteiger charge is 2.35. The summed E-state index contributed by atoms with van der Waals surface area (Å²) < 4.78 is 13.5. The molecule has 1 atom stereocenters. The van der Waals surface area contributed by atoms with Crippen molar-refractivity contribution in [3.8, 4) is 0 Å². The average molecular weight is 354 g/mol. The molecule has 8 heteroatoms. The van der Waals surface area contributed by atoms with Gasteiger partial charge in [0.1, 0.15) is 18.0 Å². The average Bonchev–Trinajstić information content (AvgIpc) is 3.18. The van der Waals surface area contributed by atoms with E-state index in [4.69, 9.17) is 0 Å². The van der Waals surface area contributed by atoms with Gasteiger partial charge in [0.15, 0.2) is 0 Å². The molecule has 2 aliphatic heterocycles. The fourth-order valence-corrected chi connectivity index (χ4v) is 3.53. The largest absolute Gasteiger partial charge is 0.356 e. The Labute approximate surface area is 150 Å². The standard InChI is InChI=1S/C18H19FN6O/c19-15-9-14(10-21-11-15)16-1-6-23-25(16)18(26)13-3-7-24(8-4-13)17-2-5-20-12-22-17/h2,5-6,9-13,16H,1,3-4,7-8H2. The van der Waals surface area contributed by atoms with Gasteiger partial charge in [-0.15, -0.1) is 0 Å². The van der Waals surface area contributed by atoms with Crippen molar-refractivity contribution in [3.63, 3.8) is 0 Å². The highest BCUT2D eigenvalue weighted by Crippen LogP contribution is 2.32. The Morgan fingerprint density at radius 2 is 2.04 bits per heavy atom. The van der Waals surface area contributed by atoms with Gasteiger partial charge in [-0.25, -0.2) is 19.4 Å². The number of hydrazone groups is 1. The van der Waals surface area contributed by atoms with Gasteiger partial charge in [0.2, 0.25) is 5.91 Å². The molecule has 0 bridgehead atoms. The number of carbonyl (C=O) groups excluding carboxylic acids is 1. The molecular weight excluding hydrogens is 335 g/mol. The molecule has 2 aliphatic rings. The van der Waals surface area contributed by atoms with Gasteiger partial charge in [-0.2, -0.15) is 5.10 Å². The van der Waals surface area contributed by atoms with Gasteiger partial charge in [-0.05, 0) is 30.5 Å². The van der Waals surface area contributed by atoms with Crippen LogP contribution in [-0.2, 0) is 4.79 Å². The zero-order chi connectivity index (χ0) is 17.9. The summed E-state index contributed by atoms with van der Waals surface area (Å²) in [7, 11) is 0. The number of piperidine rings is 1. The minimum atomic E-state index is -0.403. The van der Waals surface area contributed by atoms with E-state index in [0.29, 0.717) is 12.0 Å². The molecule has 1 fully saturated rings. The van der Waals surface area contributed by atoms with E-state index in [1.807, 2.05) is 6.07 Å². The smallest absolute Gasteiger partial charge is 0.246 e. The van der Waals surface area contributed by atoms with Crippen molar-refractivity contribution >= 4 is 17.9 Å². The summed E-state index contributed by atoms with van der Waals surface area (Å²) >= 11 is 0. The second kappa shape index (κ2) is 7.15. The molecule has 134 valence electrons. The number of halogens is 1. The van der Waals surface area contributed by atoms with Gasteiger partial charge in [-0.3, -0.25) is 9.78 Å². The Morgan fingerprint density at radius 3 is 2.77 bits per heavy atom. The molecule has 26 heavy (non-hydrogen) atoms. The van der Waals surface area contributed by atoms with Crippen LogP contribution in [0.25, 0.3) is 0 Å². The summed E-state index contributed by atoms with van der Waals surface area (Å²) in [4.78, 5) is 27.2. The first-order valence-corrected chi connectivity index (χ1v) is 8.69. The molecule has 2 aromatic heterocycles. The Balaban J connectivity index is 1.42. The first kappa shape index (κ1) is 16.6. The van der Waals surface area contributed by atoms with Crippen LogP contribution < -0.4 is 4.90 Å². The summed E-state index contributed by atoms with van der Waals surface area (Å²) in [5.41, 5.74) is 0.675. The summed E-state index contributed by atoms with van der Waals surface area (Å²) in [6.45, 7) is 1.52. The van der Waals surface area contributed by atoms with Crippen molar-refractivity contribution in [1.82, 2.24) is 20.0 Å². The zero-order valence-corrected chi connectivity index (χ0v) is 14.2. The molecular formula is C18H19FN6O. The predicted molar refractivity (Wildman–Crippen MR) is 93.9 cm³/mol. The number of hydrogen-bond acceptors (Lipinski definition) is 6. The minimum Gasteiger partial charge on any atom is -0.356 e. The third kappa shape index (κ3) is 3.26. The topological polar surface area (TPSA) is 74.6 Å². The Bertz CT molecular complexity index is 806. The molecule has 2 aromatic rings. The van der Waals surface area contributed by atoms with Crippen LogP contribution in [0.2, 0.25) is 0 Å². The van der Waals surface area contributed by atoms with Gasteiger partial charge in [0.05, 0.1) is 12.2 Å². The van der Waals surface area contributed by atoms with Gasteiger partial charge < -0.3 is 4.90 Å². The molecule has 1 unspecified atom stereocenters. The molecule has 1 saturated heterocycles. The normalized spacial score (nSPS) is 20.6. The van der Waals surface area contributed by atoms with E-state index < -0.39 is 5.82 Å². The van der Waals surface area contributed by atoms with E-state index >= 15 is 0 Å². The molecule has 1 amide bonds. The number of hydrogen-bond donors (Lipinski definition) is 0. The van der Waals surface area contributed by atoms with E-state index in [2.05, 4.69) is 25.0 Å². The first-order valence-electron chi connectivity index (χ1n) is 8.69. The van der Waals surface area contributed by atoms with E-state index in [-0.39, 0.29) is 17.9 Å². The molecule has 0 spiro atoms. The summed E-state index contributed by atoms with van der Waals surface area (Å²) in [6, 6.07) is 3.02. The van der Waals surface area contributed by atoms with Gasteiger partial charge in [0, 0.05) is 44.0 Å². The number of carbonyl (C=O) groups is 1. The van der Waals surface area contributed by atoms with Crippen molar-refractivity contribution in [1.29, 1.82) is 0 Å². The fraction of sp³-hybridized carbons (Fsp3) is 0.389. The van der Waals surface area contributed by atoms with Crippen LogP contribution >= 0.6 is 0 Å². The maximum absolute atomic E-state index is 13.5. The Hall–Kier alpha value is -2.90. The predicted octanol–water partition coefficient (Wildman–Crippen LogP) is 2.19. The van der Waals surface area contributed by atoms with Crippen LogP contribution in [0.3, 0.4) is 0 Å². The van der Waals surface area contributed by atoms with E-state index in [0.717, 1.165) is 37.9 Å². The van der Waals surface area contributed by atoms with Crippen LogP contribution in [0.15, 0.2) is 42.2 Å². The molecule has 0 aliphatic carbocycles. The quantitative estimate of drug-likeness (QED) is 0.845. The second-order valence-corrected chi connectivity index (χ2v) is 6.50. The highest BCUT2D eigenvalue weighted by atomic mass is 19.1. The van der Waals surface area contributed by atoms with Crippen LogP contribution in [-0.4, -0.2) is 45.2 Å². The van der Waals surface area contributed by atoms with E-state index in [1.165, 1.54) is 17.4 Å².